The second kappa shape index (κ2) is 5.22. The van der Waals surface area contributed by atoms with Gasteiger partial charge in [-0.15, -0.1) is 0 Å². The molecule has 96 valence electrons. The van der Waals surface area contributed by atoms with E-state index < -0.39 is 0 Å². The first-order valence-electron chi connectivity index (χ1n) is 5.82. The average Bonchev–Trinajstić information content (AvgIpc) is 2.89. The van der Waals surface area contributed by atoms with E-state index >= 15 is 0 Å². The van der Waals surface area contributed by atoms with E-state index in [9.17, 15) is 4.79 Å². The van der Waals surface area contributed by atoms with Crippen LogP contribution in [0.25, 0.3) is 6.08 Å². The predicted molar refractivity (Wildman–Crippen MR) is 74.1 cm³/mol. The molecule has 1 aliphatic rings. The van der Waals surface area contributed by atoms with E-state index in [0.717, 1.165) is 19.0 Å². The monoisotopic (exact) mass is 265 g/mol. The summed E-state index contributed by atoms with van der Waals surface area (Å²) in [7, 11) is 0. The molecule has 0 aliphatic carbocycles. The van der Waals surface area contributed by atoms with Crippen molar-refractivity contribution in [3.8, 4) is 0 Å². The third kappa shape index (κ3) is 2.53. The molecule has 1 aromatic rings. The molecule has 2 rings (SSSR count). The average molecular weight is 265 g/mol. The molecular formula is C12H15N3O2S. The summed E-state index contributed by atoms with van der Waals surface area (Å²) in [6, 6.07) is 3.72. The van der Waals surface area contributed by atoms with Crippen LogP contribution in [-0.4, -0.2) is 24.1 Å². The van der Waals surface area contributed by atoms with E-state index in [1.807, 2.05) is 12.1 Å². The van der Waals surface area contributed by atoms with Gasteiger partial charge in [0.2, 0.25) is 0 Å². The van der Waals surface area contributed by atoms with E-state index in [0.29, 0.717) is 16.6 Å². The van der Waals surface area contributed by atoms with Crippen molar-refractivity contribution in [2.75, 3.05) is 18.0 Å². The van der Waals surface area contributed by atoms with Crippen LogP contribution in [0.5, 0.6) is 0 Å². The summed E-state index contributed by atoms with van der Waals surface area (Å²) in [5.41, 5.74) is 0.403. The number of nitrogens with zero attached hydrogens (tertiary/aromatic N) is 1. The normalized spacial score (nSPS) is 16.9. The molecule has 0 spiro atoms. The molecule has 0 unspecified atom stereocenters. The van der Waals surface area contributed by atoms with Crippen LogP contribution in [0.4, 0.5) is 5.88 Å². The molecule has 1 aliphatic heterocycles. The Hall–Kier alpha value is -1.82. The van der Waals surface area contributed by atoms with Gasteiger partial charge in [0.25, 0.3) is 5.91 Å². The minimum Gasteiger partial charge on any atom is -0.441 e. The van der Waals surface area contributed by atoms with Crippen molar-refractivity contribution < 1.29 is 9.21 Å². The number of amides is 1. The van der Waals surface area contributed by atoms with Gasteiger partial charge in [-0.05, 0) is 32.1 Å². The topological polar surface area (TPSA) is 57.5 Å². The molecule has 1 fully saturated rings. The van der Waals surface area contributed by atoms with Crippen LogP contribution in [0.1, 0.15) is 19.6 Å². The zero-order valence-corrected chi connectivity index (χ0v) is 11.1. The van der Waals surface area contributed by atoms with E-state index in [1.54, 1.807) is 6.08 Å². The van der Waals surface area contributed by atoms with E-state index in [2.05, 4.69) is 29.4 Å². The predicted octanol–water partition coefficient (Wildman–Crippen LogP) is 1.47. The Labute approximate surface area is 111 Å². The molecule has 6 heteroatoms. The maximum atomic E-state index is 11.5. The molecule has 0 radical (unpaired) electrons. The lowest BCUT2D eigenvalue weighted by atomic mass is 10.3. The van der Waals surface area contributed by atoms with Crippen molar-refractivity contribution in [2.24, 2.45) is 0 Å². The van der Waals surface area contributed by atoms with Gasteiger partial charge in [0.1, 0.15) is 11.5 Å². The Morgan fingerprint density at radius 1 is 1.33 bits per heavy atom. The SMILES string of the molecule is CCN(CC)c1ccc(/C=C2\NC(=S)NC2=O)o1. The zero-order chi connectivity index (χ0) is 13.1. The molecule has 2 N–H and O–H groups in total. The van der Waals surface area contributed by atoms with Crippen molar-refractivity contribution >= 4 is 35.2 Å². The van der Waals surface area contributed by atoms with Crippen molar-refractivity contribution in [1.82, 2.24) is 10.6 Å². The van der Waals surface area contributed by atoms with Gasteiger partial charge in [0.15, 0.2) is 11.0 Å². The largest absolute Gasteiger partial charge is 0.441 e. The fourth-order valence-corrected chi connectivity index (χ4v) is 1.95. The molecule has 2 heterocycles. The van der Waals surface area contributed by atoms with Gasteiger partial charge >= 0.3 is 0 Å². The number of nitrogens with one attached hydrogen (secondary N) is 2. The van der Waals surface area contributed by atoms with Crippen LogP contribution in [0, 0.1) is 0 Å². The molecule has 0 saturated carbocycles. The highest BCUT2D eigenvalue weighted by molar-refractivity contribution is 7.80. The number of hydrogen-bond acceptors (Lipinski definition) is 4. The third-order valence-corrected chi connectivity index (χ3v) is 2.90. The Morgan fingerprint density at radius 2 is 2.06 bits per heavy atom. The first-order chi connectivity index (χ1) is 8.63. The Balaban J connectivity index is 2.18. The molecule has 0 atom stereocenters. The highest BCUT2D eigenvalue weighted by Crippen LogP contribution is 2.20. The maximum absolute atomic E-state index is 11.5. The number of furan rings is 1. The fraction of sp³-hybridized carbons (Fsp3) is 0.333. The van der Waals surface area contributed by atoms with Crippen LogP contribution in [0.15, 0.2) is 22.2 Å². The Morgan fingerprint density at radius 3 is 2.61 bits per heavy atom. The van der Waals surface area contributed by atoms with Gasteiger partial charge in [0.05, 0.1) is 0 Å². The number of hydrogen-bond donors (Lipinski definition) is 2. The van der Waals surface area contributed by atoms with Crippen molar-refractivity contribution in [2.45, 2.75) is 13.8 Å². The summed E-state index contributed by atoms with van der Waals surface area (Å²) in [5.74, 6) is 1.19. The summed E-state index contributed by atoms with van der Waals surface area (Å²) < 4.78 is 5.66. The lowest BCUT2D eigenvalue weighted by Gasteiger charge is -2.16. The molecule has 1 aromatic heterocycles. The molecule has 5 nitrogen and oxygen atoms in total. The van der Waals surface area contributed by atoms with Crippen LogP contribution in [0.3, 0.4) is 0 Å². The van der Waals surface area contributed by atoms with Gasteiger partial charge in [-0.3, -0.25) is 10.1 Å². The van der Waals surface area contributed by atoms with Gasteiger partial charge in [-0.1, -0.05) is 0 Å². The lowest BCUT2D eigenvalue weighted by Crippen LogP contribution is -2.21. The van der Waals surface area contributed by atoms with Gasteiger partial charge in [0, 0.05) is 25.2 Å². The maximum Gasteiger partial charge on any atom is 0.274 e. The lowest BCUT2D eigenvalue weighted by molar-refractivity contribution is -0.115. The minimum atomic E-state index is -0.235. The number of anilines is 1. The number of carbonyl (C=O) groups is 1. The standard InChI is InChI=1S/C12H15N3O2S/c1-3-15(4-2)10-6-5-8(17-10)7-9-11(16)14-12(18)13-9/h5-7H,3-4H2,1-2H3,(H2,13,14,16,18)/b9-7-. The summed E-state index contributed by atoms with van der Waals surface area (Å²) in [4.78, 5) is 13.6. The van der Waals surface area contributed by atoms with Crippen LogP contribution in [-0.2, 0) is 4.79 Å². The second-order valence-corrected chi connectivity index (χ2v) is 4.22. The van der Waals surface area contributed by atoms with Gasteiger partial charge in [-0.25, -0.2) is 0 Å². The summed E-state index contributed by atoms with van der Waals surface area (Å²) in [6.45, 7) is 5.88. The zero-order valence-electron chi connectivity index (χ0n) is 10.3. The van der Waals surface area contributed by atoms with Crippen molar-refractivity contribution in [1.29, 1.82) is 0 Å². The first-order valence-corrected chi connectivity index (χ1v) is 6.23. The van der Waals surface area contributed by atoms with E-state index in [4.69, 9.17) is 16.6 Å². The van der Waals surface area contributed by atoms with Crippen LogP contribution < -0.4 is 15.5 Å². The van der Waals surface area contributed by atoms with Crippen LogP contribution >= 0.6 is 12.2 Å². The Bertz CT molecular complexity index is 503. The van der Waals surface area contributed by atoms with Crippen molar-refractivity contribution in [3.63, 3.8) is 0 Å². The third-order valence-electron chi connectivity index (χ3n) is 2.69. The van der Waals surface area contributed by atoms with E-state index in [-0.39, 0.29) is 5.91 Å². The minimum absolute atomic E-state index is 0.235. The van der Waals surface area contributed by atoms with Gasteiger partial charge < -0.3 is 14.6 Å². The van der Waals surface area contributed by atoms with E-state index in [1.165, 1.54) is 0 Å². The Kier molecular flexibility index (Phi) is 3.66. The quantitative estimate of drug-likeness (QED) is 0.638. The molecule has 0 aromatic carbocycles. The van der Waals surface area contributed by atoms with Crippen molar-refractivity contribution in [3.05, 3.63) is 23.6 Å². The highest BCUT2D eigenvalue weighted by Gasteiger charge is 2.20. The summed E-state index contributed by atoms with van der Waals surface area (Å²) in [6.07, 6.45) is 1.64. The number of rotatable bonds is 4. The summed E-state index contributed by atoms with van der Waals surface area (Å²) >= 11 is 4.85. The smallest absolute Gasteiger partial charge is 0.274 e. The number of thiocarbonyl (C=S) groups is 1. The second-order valence-electron chi connectivity index (χ2n) is 3.81. The molecule has 1 amide bonds. The van der Waals surface area contributed by atoms with Crippen LogP contribution in [0.2, 0.25) is 0 Å². The number of carbonyl (C=O) groups excluding carboxylic acids is 1. The molecule has 1 saturated heterocycles. The molecule has 18 heavy (non-hydrogen) atoms. The first kappa shape index (κ1) is 12.6. The molecule has 0 bridgehead atoms. The highest BCUT2D eigenvalue weighted by atomic mass is 32.1. The summed E-state index contributed by atoms with van der Waals surface area (Å²) in [5, 5.41) is 5.60. The molecular weight excluding hydrogens is 250 g/mol. The van der Waals surface area contributed by atoms with Gasteiger partial charge in [-0.2, -0.15) is 0 Å². The fourth-order valence-electron chi connectivity index (χ4n) is 1.75.